The van der Waals surface area contributed by atoms with Crippen molar-refractivity contribution < 1.29 is 27.5 Å². The number of alkyl halides is 3. The molecule has 0 N–H and O–H groups in total. The Morgan fingerprint density at radius 2 is 1.85 bits per heavy atom. The highest BCUT2D eigenvalue weighted by Crippen LogP contribution is 2.29. The van der Waals surface area contributed by atoms with E-state index in [4.69, 9.17) is 4.74 Å². The van der Waals surface area contributed by atoms with E-state index in [0.717, 1.165) is 17.7 Å². The van der Waals surface area contributed by atoms with E-state index >= 15 is 0 Å². The number of carbonyl (C=O) groups is 2. The second-order valence-corrected chi connectivity index (χ2v) is 5.94. The first-order chi connectivity index (χ1) is 12.2. The van der Waals surface area contributed by atoms with Crippen LogP contribution in [-0.2, 0) is 30.9 Å². The number of hydrogen-bond donors (Lipinski definition) is 0. The number of amides is 1. The zero-order valence-electron chi connectivity index (χ0n) is 14.1. The van der Waals surface area contributed by atoms with Gasteiger partial charge in [-0.15, -0.1) is 0 Å². The van der Waals surface area contributed by atoms with Gasteiger partial charge in [0.15, 0.2) is 5.69 Å². The molecule has 9 heteroatoms. The molecule has 1 aromatic heterocycles. The number of methoxy groups -OCH3 is 1. The molecular weight excluding hydrogens is 351 g/mol. The third kappa shape index (κ3) is 3.16. The minimum Gasteiger partial charge on any atom is -0.464 e. The zero-order valence-corrected chi connectivity index (χ0v) is 14.1. The van der Waals surface area contributed by atoms with Gasteiger partial charge in [0, 0.05) is 24.7 Å². The molecule has 0 aliphatic carbocycles. The molecule has 0 radical (unpaired) electrons. The van der Waals surface area contributed by atoms with Crippen LogP contribution in [-0.4, -0.2) is 40.2 Å². The topological polar surface area (TPSA) is 64.4 Å². The molecule has 0 unspecified atom stereocenters. The summed E-state index contributed by atoms with van der Waals surface area (Å²) in [6, 6.07) is 4.12. The first-order valence-corrected chi connectivity index (χ1v) is 7.82. The van der Waals surface area contributed by atoms with Gasteiger partial charge in [-0.05, 0) is 30.7 Å². The van der Waals surface area contributed by atoms with Crippen LogP contribution < -0.4 is 0 Å². The van der Waals surface area contributed by atoms with E-state index in [1.54, 1.807) is 7.05 Å². The third-order valence-corrected chi connectivity index (χ3v) is 4.37. The second kappa shape index (κ2) is 6.47. The van der Waals surface area contributed by atoms with Gasteiger partial charge in [-0.1, -0.05) is 0 Å². The predicted molar refractivity (Wildman–Crippen MR) is 84.4 cm³/mol. The number of esters is 1. The van der Waals surface area contributed by atoms with Crippen LogP contribution >= 0.6 is 0 Å². The molecule has 1 amide bonds. The molecule has 3 rings (SSSR count). The highest BCUT2D eigenvalue weighted by molar-refractivity contribution is 5.94. The molecule has 138 valence electrons. The smallest absolute Gasteiger partial charge is 0.416 e. The monoisotopic (exact) mass is 367 g/mol. The van der Waals surface area contributed by atoms with E-state index in [1.807, 2.05) is 0 Å². The second-order valence-electron chi connectivity index (χ2n) is 5.94. The average molecular weight is 367 g/mol. The quantitative estimate of drug-likeness (QED) is 0.765. The zero-order chi connectivity index (χ0) is 19.1. The molecule has 2 aromatic rings. The molecule has 0 fully saturated rings. The fourth-order valence-electron chi connectivity index (χ4n) is 2.99. The van der Waals surface area contributed by atoms with Crippen molar-refractivity contribution >= 4 is 11.9 Å². The molecule has 0 saturated carbocycles. The minimum atomic E-state index is -4.44. The van der Waals surface area contributed by atoms with Crippen LogP contribution in [0.4, 0.5) is 13.2 Å². The Kier molecular flexibility index (Phi) is 4.47. The number of carbonyl (C=O) groups excluding carboxylic acids is 2. The summed E-state index contributed by atoms with van der Waals surface area (Å²) in [5, 5.41) is 4.15. The van der Waals surface area contributed by atoms with Crippen LogP contribution in [0.15, 0.2) is 24.3 Å². The summed E-state index contributed by atoms with van der Waals surface area (Å²) in [7, 11) is 2.93. The largest absolute Gasteiger partial charge is 0.464 e. The minimum absolute atomic E-state index is 0.178. The average Bonchev–Trinajstić information content (AvgIpc) is 2.96. The summed E-state index contributed by atoms with van der Waals surface area (Å²) < 4.78 is 44.1. The number of hydrogen-bond acceptors (Lipinski definition) is 4. The van der Waals surface area contributed by atoms with Gasteiger partial charge in [0.25, 0.3) is 5.91 Å². The van der Waals surface area contributed by atoms with Crippen LogP contribution in [0.1, 0.15) is 37.7 Å². The number of aromatic nitrogens is 2. The van der Waals surface area contributed by atoms with Gasteiger partial charge in [0.1, 0.15) is 0 Å². The fraction of sp³-hybridized carbons (Fsp3) is 0.353. The van der Waals surface area contributed by atoms with Crippen molar-refractivity contribution in [2.75, 3.05) is 13.7 Å². The Hall–Kier alpha value is -2.84. The SMILES string of the molecule is COC(=O)c1nn(C)c2c1CCN(C(=O)c1ccc(C(F)(F)F)cc1)C2. The number of ether oxygens (including phenoxy) is 1. The molecule has 1 aliphatic rings. The van der Waals surface area contributed by atoms with Crippen molar-refractivity contribution in [3.8, 4) is 0 Å². The lowest BCUT2D eigenvalue weighted by Gasteiger charge is -2.27. The molecule has 0 atom stereocenters. The molecule has 0 saturated heterocycles. The molecule has 6 nitrogen and oxygen atoms in total. The number of halogens is 3. The van der Waals surface area contributed by atoms with Crippen LogP contribution in [0.5, 0.6) is 0 Å². The van der Waals surface area contributed by atoms with E-state index in [9.17, 15) is 22.8 Å². The molecule has 0 spiro atoms. The van der Waals surface area contributed by atoms with Crippen molar-refractivity contribution in [3.63, 3.8) is 0 Å². The van der Waals surface area contributed by atoms with Crippen molar-refractivity contribution in [2.45, 2.75) is 19.1 Å². The lowest BCUT2D eigenvalue weighted by Crippen LogP contribution is -2.36. The maximum absolute atomic E-state index is 12.6. The molecule has 0 bridgehead atoms. The van der Waals surface area contributed by atoms with Crippen LogP contribution in [0, 0.1) is 0 Å². The molecule has 1 aliphatic heterocycles. The number of benzene rings is 1. The first-order valence-electron chi connectivity index (χ1n) is 7.82. The normalized spacial score (nSPS) is 14.1. The summed E-state index contributed by atoms with van der Waals surface area (Å²) in [6.07, 6.45) is -4.03. The van der Waals surface area contributed by atoms with Crippen molar-refractivity contribution in [3.05, 3.63) is 52.3 Å². The van der Waals surface area contributed by atoms with Gasteiger partial charge in [-0.2, -0.15) is 18.3 Å². The highest BCUT2D eigenvalue weighted by atomic mass is 19.4. The van der Waals surface area contributed by atoms with Gasteiger partial charge >= 0.3 is 12.1 Å². The Labute approximate surface area is 147 Å². The lowest BCUT2D eigenvalue weighted by molar-refractivity contribution is -0.137. The summed E-state index contributed by atoms with van der Waals surface area (Å²) in [5.74, 6) is -0.908. The fourth-order valence-corrected chi connectivity index (χ4v) is 2.99. The van der Waals surface area contributed by atoms with E-state index in [0.29, 0.717) is 18.7 Å². The third-order valence-electron chi connectivity index (χ3n) is 4.37. The Morgan fingerprint density at radius 3 is 2.42 bits per heavy atom. The van der Waals surface area contributed by atoms with E-state index in [1.165, 1.54) is 28.8 Å². The van der Waals surface area contributed by atoms with Gasteiger partial charge in [0.2, 0.25) is 0 Å². The van der Waals surface area contributed by atoms with Gasteiger partial charge in [-0.25, -0.2) is 4.79 Å². The molecule has 1 aromatic carbocycles. The first kappa shape index (κ1) is 18.0. The summed E-state index contributed by atoms with van der Waals surface area (Å²) in [4.78, 5) is 25.9. The van der Waals surface area contributed by atoms with E-state index < -0.39 is 17.7 Å². The van der Waals surface area contributed by atoms with E-state index in [-0.39, 0.29) is 23.7 Å². The number of aryl methyl sites for hydroxylation is 1. The number of fused-ring (bicyclic) bond motifs is 1. The summed E-state index contributed by atoms with van der Waals surface area (Å²) in [5.41, 5.74) is 1.04. The summed E-state index contributed by atoms with van der Waals surface area (Å²) in [6.45, 7) is 0.554. The molecule has 26 heavy (non-hydrogen) atoms. The molecule has 2 heterocycles. The van der Waals surface area contributed by atoms with Crippen LogP contribution in [0.3, 0.4) is 0 Å². The Balaban J connectivity index is 1.81. The van der Waals surface area contributed by atoms with Crippen molar-refractivity contribution in [1.29, 1.82) is 0 Å². The molecular formula is C17H16F3N3O3. The maximum atomic E-state index is 12.6. The maximum Gasteiger partial charge on any atom is 0.416 e. The van der Waals surface area contributed by atoms with E-state index in [2.05, 4.69) is 5.10 Å². The Bertz CT molecular complexity index is 857. The van der Waals surface area contributed by atoms with Crippen molar-refractivity contribution in [2.24, 2.45) is 7.05 Å². The van der Waals surface area contributed by atoms with Crippen LogP contribution in [0.2, 0.25) is 0 Å². The van der Waals surface area contributed by atoms with Gasteiger partial charge < -0.3 is 9.64 Å². The number of rotatable bonds is 2. The standard InChI is InChI=1S/C17H16F3N3O3/c1-22-13-9-23(8-7-12(13)14(21-22)16(25)26-2)15(24)10-3-5-11(6-4-10)17(18,19)20/h3-6H,7-9H2,1-2H3. The number of nitrogens with zero attached hydrogens (tertiary/aromatic N) is 3. The van der Waals surface area contributed by atoms with Gasteiger partial charge in [0.05, 0.1) is 24.9 Å². The Morgan fingerprint density at radius 1 is 1.19 bits per heavy atom. The van der Waals surface area contributed by atoms with Gasteiger partial charge in [-0.3, -0.25) is 9.48 Å². The highest BCUT2D eigenvalue weighted by Gasteiger charge is 2.32. The predicted octanol–water partition coefficient (Wildman–Crippen LogP) is 2.42. The summed E-state index contributed by atoms with van der Waals surface area (Å²) >= 11 is 0. The van der Waals surface area contributed by atoms with Crippen LogP contribution in [0.25, 0.3) is 0 Å². The van der Waals surface area contributed by atoms with Crippen molar-refractivity contribution in [1.82, 2.24) is 14.7 Å². The lowest BCUT2D eigenvalue weighted by atomic mass is 10.0.